The molecule has 2 aromatic carbocycles. The molecule has 1 nitrogen and oxygen atoms in total. The summed E-state index contributed by atoms with van der Waals surface area (Å²) in [4.78, 5) is 0. The third kappa shape index (κ3) is 2.14. The number of rotatable bonds is 1. The molecule has 0 unspecified atom stereocenters. The van der Waals surface area contributed by atoms with Crippen LogP contribution in [0.3, 0.4) is 0 Å². The van der Waals surface area contributed by atoms with Crippen LogP contribution in [0, 0.1) is 0 Å². The summed E-state index contributed by atoms with van der Waals surface area (Å²) in [5.74, 6) is 0.430. The lowest BCUT2D eigenvalue weighted by Gasteiger charge is -2.22. The molecule has 0 saturated carbocycles. The van der Waals surface area contributed by atoms with Crippen LogP contribution in [0.5, 0.6) is 5.75 Å². The van der Waals surface area contributed by atoms with Crippen molar-refractivity contribution in [3.8, 4) is 5.75 Å². The van der Waals surface area contributed by atoms with Crippen LogP contribution in [0.25, 0.3) is 11.6 Å². The highest BCUT2D eigenvalue weighted by Crippen LogP contribution is 2.40. The number of allylic oxidation sites excluding steroid dienone is 1. The Morgan fingerprint density at radius 2 is 1.70 bits per heavy atom. The van der Waals surface area contributed by atoms with Crippen molar-refractivity contribution in [2.45, 2.75) is 32.6 Å². The van der Waals surface area contributed by atoms with Gasteiger partial charge >= 0.3 is 0 Å². The minimum Gasteiger partial charge on any atom is -0.507 e. The van der Waals surface area contributed by atoms with E-state index in [1.807, 2.05) is 18.2 Å². The molecule has 20 heavy (non-hydrogen) atoms. The molecule has 0 heterocycles. The molecule has 0 amide bonds. The zero-order valence-electron chi connectivity index (χ0n) is 12.3. The van der Waals surface area contributed by atoms with Crippen molar-refractivity contribution < 1.29 is 5.11 Å². The van der Waals surface area contributed by atoms with Crippen LogP contribution in [0.2, 0.25) is 0 Å². The van der Waals surface area contributed by atoms with Crippen molar-refractivity contribution in [3.63, 3.8) is 0 Å². The van der Waals surface area contributed by atoms with Gasteiger partial charge in [-0.2, -0.15) is 0 Å². The van der Waals surface area contributed by atoms with Crippen molar-refractivity contribution in [1.29, 1.82) is 0 Å². The SMILES string of the molecule is CC(C)(C)c1cccc(C2=Cc3ccccc3C2)c1O. The van der Waals surface area contributed by atoms with Crippen LogP contribution in [0.1, 0.15) is 43.0 Å². The predicted octanol–water partition coefficient (Wildman–Crippen LogP) is 4.79. The number of para-hydroxylation sites is 1. The molecule has 0 aliphatic heterocycles. The number of benzene rings is 2. The van der Waals surface area contributed by atoms with Gasteiger partial charge in [-0.1, -0.05) is 69.3 Å². The molecule has 1 aliphatic rings. The zero-order chi connectivity index (χ0) is 14.3. The standard InChI is InChI=1S/C19H20O/c1-19(2,3)17-10-6-9-16(18(17)20)15-11-13-7-4-5-8-14(13)12-15/h4-11,20H,12H2,1-3H3. The first-order valence-electron chi connectivity index (χ1n) is 7.08. The summed E-state index contributed by atoms with van der Waals surface area (Å²) < 4.78 is 0. The third-order valence-electron chi connectivity index (χ3n) is 3.96. The largest absolute Gasteiger partial charge is 0.507 e. The Kier molecular flexibility index (Phi) is 2.93. The van der Waals surface area contributed by atoms with Gasteiger partial charge in [0.1, 0.15) is 5.75 Å². The van der Waals surface area contributed by atoms with Crippen LogP contribution in [-0.2, 0) is 11.8 Å². The Balaban J connectivity index is 2.06. The lowest BCUT2D eigenvalue weighted by atomic mass is 9.84. The molecule has 0 spiro atoms. The first kappa shape index (κ1) is 13.0. The number of hydrogen-bond donors (Lipinski definition) is 1. The molecular formula is C19H20O. The van der Waals surface area contributed by atoms with Gasteiger partial charge in [0.25, 0.3) is 0 Å². The lowest BCUT2D eigenvalue weighted by Crippen LogP contribution is -2.11. The van der Waals surface area contributed by atoms with Gasteiger partial charge in [0, 0.05) is 5.56 Å². The molecule has 2 aromatic rings. The third-order valence-corrected chi connectivity index (χ3v) is 3.96. The van der Waals surface area contributed by atoms with Crippen LogP contribution in [-0.4, -0.2) is 5.11 Å². The first-order valence-corrected chi connectivity index (χ1v) is 7.08. The van der Waals surface area contributed by atoms with Crippen molar-refractivity contribution in [1.82, 2.24) is 0 Å². The molecule has 0 saturated heterocycles. The van der Waals surface area contributed by atoms with Gasteiger partial charge in [0.2, 0.25) is 0 Å². The van der Waals surface area contributed by atoms with E-state index in [1.165, 1.54) is 16.7 Å². The maximum absolute atomic E-state index is 10.6. The number of aromatic hydroxyl groups is 1. The van der Waals surface area contributed by atoms with E-state index in [-0.39, 0.29) is 5.41 Å². The highest BCUT2D eigenvalue weighted by atomic mass is 16.3. The normalized spacial score (nSPS) is 14.1. The van der Waals surface area contributed by atoms with E-state index in [0.717, 1.165) is 17.5 Å². The number of hydrogen-bond acceptors (Lipinski definition) is 1. The monoisotopic (exact) mass is 264 g/mol. The van der Waals surface area contributed by atoms with Crippen molar-refractivity contribution in [3.05, 3.63) is 64.7 Å². The van der Waals surface area contributed by atoms with E-state index in [4.69, 9.17) is 0 Å². The topological polar surface area (TPSA) is 20.2 Å². The fourth-order valence-corrected chi connectivity index (χ4v) is 2.86. The molecule has 0 bridgehead atoms. The number of phenols is 1. The van der Waals surface area contributed by atoms with E-state index >= 15 is 0 Å². The first-order chi connectivity index (χ1) is 9.47. The predicted molar refractivity (Wildman–Crippen MR) is 84.8 cm³/mol. The Bertz CT molecular complexity index is 687. The zero-order valence-corrected chi connectivity index (χ0v) is 12.3. The minimum atomic E-state index is -0.0495. The smallest absolute Gasteiger partial charge is 0.126 e. The van der Waals surface area contributed by atoms with Gasteiger partial charge in [0.05, 0.1) is 0 Å². The van der Waals surface area contributed by atoms with E-state index in [9.17, 15) is 5.11 Å². The fraction of sp³-hybridized carbons (Fsp3) is 0.263. The molecular weight excluding hydrogens is 244 g/mol. The minimum absolute atomic E-state index is 0.0495. The summed E-state index contributed by atoms with van der Waals surface area (Å²) >= 11 is 0. The molecule has 102 valence electrons. The Morgan fingerprint density at radius 3 is 2.40 bits per heavy atom. The summed E-state index contributed by atoms with van der Waals surface area (Å²) in [6.45, 7) is 6.39. The molecule has 1 aliphatic carbocycles. The quantitative estimate of drug-likeness (QED) is 0.785. The Morgan fingerprint density at radius 1 is 0.950 bits per heavy atom. The van der Waals surface area contributed by atoms with E-state index in [2.05, 4.69) is 51.1 Å². The van der Waals surface area contributed by atoms with Crippen molar-refractivity contribution in [2.75, 3.05) is 0 Å². The summed E-state index contributed by atoms with van der Waals surface area (Å²) in [7, 11) is 0. The summed E-state index contributed by atoms with van der Waals surface area (Å²) in [6.07, 6.45) is 3.09. The maximum Gasteiger partial charge on any atom is 0.126 e. The van der Waals surface area contributed by atoms with E-state index in [1.54, 1.807) is 0 Å². The Labute approximate surface area is 120 Å². The van der Waals surface area contributed by atoms with E-state index < -0.39 is 0 Å². The van der Waals surface area contributed by atoms with Gasteiger partial charge in [-0.15, -0.1) is 0 Å². The second-order valence-electron chi connectivity index (χ2n) is 6.50. The average Bonchev–Trinajstić information content (AvgIpc) is 2.81. The van der Waals surface area contributed by atoms with Crippen LogP contribution >= 0.6 is 0 Å². The van der Waals surface area contributed by atoms with Crippen LogP contribution in [0.4, 0.5) is 0 Å². The molecule has 3 rings (SSSR count). The molecule has 0 aromatic heterocycles. The van der Waals surface area contributed by atoms with Crippen LogP contribution < -0.4 is 0 Å². The second-order valence-corrected chi connectivity index (χ2v) is 6.50. The van der Waals surface area contributed by atoms with E-state index in [0.29, 0.717) is 5.75 Å². The number of phenolic OH excluding ortho intramolecular Hbond substituents is 1. The highest BCUT2D eigenvalue weighted by molar-refractivity contribution is 5.90. The van der Waals surface area contributed by atoms with Gasteiger partial charge in [0.15, 0.2) is 0 Å². The molecule has 0 atom stereocenters. The van der Waals surface area contributed by atoms with Crippen LogP contribution in [0.15, 0.2) is 42.5 Å². The van der Waals surface area contributed by atoms with Gasteiger partial charge in [-0.25, -0.2) is 0 Å². The second kappa shape index (κ2) is 4.52. The lowest BCUT2D eigenvalue weighted by molar-refractivity contribution is 0.445. The number of fused-ring (bicyclic) bond motifs is 1. The summed E-state index contributed by atoms with van der Waals surface area (Å²) in [5.41, 5.74) is 5.73. The molecule has 1 heteroatoms. The summed E-state index contributed by atoms with van der Waals surface area (Å²) in [5, 5.41) is 10.6. The highest BCUT2D eigenvalue weighted by Gasteiger charge is 2.22. The molecule has 1 N–H and O–H groups in total. The van der Waals surface area contributed by atoms with Crippen molar-refractivity contribution in [2.24, 2.45) is 0 Å². The Hall–Kier alpha value is -2.02. The van der Waals surface area contributed by atoms with Gasteiger partial charge in [-0.05, 0) is 34.1 Å². The van der Waals surface area contributed by atoms with Gasteiger partial charge < -0.3 is 5.11 Å². The van der Waals surface area contributed by atoms with Crippen molar-refractivity contribution >= 4 is 11.6 Å². The summed E-state index contributed by atoms with van der Waals surface area (Å²) in [6, 6.07) is 14.5. The fourth-order valence-electron chi connectivity index (χ4n) is 2.86. The maximum atomic E-state index is 10.6. The average molecular weight is 264 g/mol. The molecule has 0 radical (unpaired) electrons. The molecule has 0 fully saturated rings. The van der Waals surface area contributed by atoms with Gasteiger partial charge in [-0.3, -0.25) is 0 Å².